The van der Waals surface area contributed by atoms with Crippen molar-refractivity contribution >= 4 is 5.69 Å². The van der Waals surface area contributed by atoms with Crippen LogP contribution in [0.1, 0.15) is 70.9 Å². The number of unbranched alkanes of at least 4 members (excludes halogenated alkanes) is 2. The average molecular weight is 478 g/mol. The molecule has 190 valence electrons. The molecule has 1 fully saturated rings. The molecule has 1 aliphatic carbocycles. The lowest BCUT2D eigenvalue weighted by molar-refractivity contribution is 0.251. The van der Waals surface area contributed by atoms with Gasteiger partial charge in [0.2, 0.25) is 0 Å². The molecule has 2 aromatic rings. The van der Waals surface area contributed by atoms with Crippen molar-refractivity contribution < 1.29 is 4.74 Å². The number of hydrogen-bond acceptors (Lipinski definition) is 5. The molecule has 0 aromatic heterocycles. The highest BCUT2D eigenvalue weighted by Crippen LogP contribution is 2.47. The smallest absolute Gasteiger partial charge is 0.142 e. The lowest BCUT2D eigenvalue weighted by Crippen LogP contribution is -2.46. The Morgan fingerprint density at radius 1 is 0.829 bits per heavy atom. The molecule has 5 heteroatoms. The highest BCUT2D eigenvalue weighted by molar-refractivity contribution is 5.74. The van der Waals surface area contributed by atoms with E-state index in [0.29, 0.717) is 6.54 Å². The van der Waals surface area contributed by atoms with E-state index in [1.54, 1.807) is 7.11 Å². The average Bonchev–Trinajstić information content (AvgIpc) is 2.86. The summed E-state index contributed by atoms with van der Waals surface area (Å²) in [5.41, 5.74) is 7.19. The van der Waals surface area contributed by atoms with Gasteiger partial charge in [0.15, 0.2) is 0 Å². The third-order valence-electron chi connectivity index (χ3n) is 8.30. The minimum atomic E-state index is 0.205. The van der Waals surface area contributed by atoms with E-state index in [4.69, 9.17) is 4.74 Å². The van der Waals surface area contributed by atoms with Crippen molar-refractivity contribution in [1.29, 1.82) is 0 Å². The molecule has 0 N–H and O–H groups in total. The first-order valence-corrected chi connectivity index (χ1v) is 13.3. The third-order valence-corrected chi connectivity index (χ3v) is 8.30. The summed E-state index contributed by atoms with van der Waals surface area (Å²) < 4.78 is 5.78. The van der Waals surface area contributed by atoms with Crippen LogP contribution < -0.4 is 9.64 Å². The molecule has 0 amide bonds. The number of ether oxygens (including phenoxy) is 1. The number of benzene rings is 2. The Balaban J connectivity index is 1.51. The van der Waals surface area contributed by atoms with Crippen molar-refractivity contribution in [2.24, 2.45) is 5.18 Å². The van der Waals surface area contributed by atoms with E-state index < -0.39 is 0 Å². The molecule has 5 nitrogen and oxygen atoms in total. The van der Waals surface area contributed by atoms with Gasteiger partial charge in [0.1, 0.15) is 5.75 Å². The summed E-state index contributed by atoms with van der Waals surface area (Å²) in [4.78, 5) is 15.3. The topological polar surface area (TPSA) is 45.1 Å². The second-order valence-corrected chi connectivity index (χ2v) is 11.7. The molecule has 0 saturated carbocycles. The summed E-state index contributed by atoms with van der Waals surface area (Å²) in [6.07, 6.45) is 5.59. The van der Waals surface area contributed by atoms with Crippen LogP contribution in [0.2, 0.25) is 0 Å². The van der Waals surface area contributed by atoms with Crippen LogP contribution in [0.25, 0.3) is 11.1 Å². The molecule has 1 heterocycles. The molecule has 0 spiro atoms. The van der Waals surface area contributed by atoms with Crippen LogP contribution in [0.3, 0.4) is 0 Å². The lowest BCUT2D eigenvalue weighted by atomic mass is 9.63. The summed E-state index contributed by atoms with van der Waals surface area (Å²) in [6.45, 7) is 15.2. The number of anilines is 1. The van der Waals surface area contributed by atoms with E-state index in [1.807, 2.05) is 0 Å². The zero-order valence-corrected chi connectivity index (χ0v) is 22.4. The Labute approximate surface area is 211 Å². The molecule has 2 aromatic carbocycles. The molecule has 0 unspecified atom stereocenters. The van der Waals surface area contributed by atoms with Crippen LogP contribution in [0.5, 0.6) is 5.75 Å². The van der Waals surface area contributed by atoms with Crippen LogP contribution in [0.15, 0.2) is 41.6 Å². The van der Waals surface area contributed by atoms with Crippen LogP contribution in [-0.4, -0.2) is 51.3 Å². The Kier molecular flexibility index (Phi) is 7.85. The standard InChI is InChI=1S/C30H43N3O2/c1-29(2)13-14-30(3,4)26-21-23(9-11-25(26)29)24-10-12-28(35-5)27(22-24)33-19-17-32(18-20-33)16-8-6-7-15-31-34/h9-12,21-22H,6-8,13-20H2,1-5H3. The normalized spacial score (nSPS) is 19.3. The highest BCUT2D eigenvalue weighted by Gasteiger charge is 2.37. The van der Waals surface area contributed by atoms with Gasteiger partial charge in [0, 0.05) is 26.2 Å². The van der Waals surface area contributed by atoms with Gasteiger partial charge < -0.3 is 9.64 Å². The fourth-order valence-electron chi connectivity index (χ4n) is 5.79. The molecule has 0 bridgehead atoms. The van der Waals surface area contributed by atoms with Crippen LogP contribution in [0.4, 0.5) is 5.69 Å². The molecule has 1 saturated heterocycles. The maximum absolute atomic E-state index is 10.2. The Bertz CT molecular complexity index is 1020. The van der Waals surface area contributed by atoms with Gasteiger partial charge in [-0.25, -0.2) is 0 Å². The number of rotatable bonds is 9. The largest absolute Gasteiger partial charge is 0.495 e. The van der Waals surface area contributed by atoms with E-state index in [2.05, 4.69) is 79.1 Å². The van der Waals surface area contributed by atoms with E-state index in [-0.39, 0.29) is 10.8 Å². The lowest BCUT2D eigenvalue weighted by Gasteiger charge is -2.42. The van der Waals surface area contributed by atoms with Crippen molar-refractivity contribution in [3.05, 3.63) is 52.4 Å². The van der Waals surface area contributed by atoms with Crippen molar-refractivity contribution in [3.8, 4) is 16.9 Å². The summed E-state index contributed by atoms with van der Waals surface area (Å²) >= 11 is 0. The van der Waals surface area contributed by atoms with Gasteiger partial charge in [-0.15, -0.1) is 0 Å². The highest BCUT2D eigenvalue weighted by atomic mass is 16.5. The molecule has 1 aliphatic heterocycles. The maximum atomic E-state index is 10.2. The van der Waals surface area contributed by atoms with Gasteiger partial charge >= 0.3 is 0 Å². The van der Waals surface area contributed by atoms with Crippen molar-refractivity contribution in [2.75, 3.05) is 51.3 Å². The van der Waals surface area contributed by atoms with Crippen molar-refractivity contribution in [3.63, 3.8) is 0 Å². The number of fused-ring (bicyclic) bond motifs is 1. The third kappa shape index (κ3) is 5.72. The predicted molar refractivity (Wildman–Crippen MR) is 147 cm³/mol. The Hall–Kier alpha value is -2.40. The SMILES string of the molecule is COc1ccc(-c2ccc3c(c2)C(C)(C)CCC3(C)C)cc1N1CCN(CCCCCN=O)CC1. The summed E-state index contributed by atoms with van der Waals surface area (Å²) in [6, 6.07) is 13.8. The second kappa shape index (κ2) is 10.7. The predicted octanol–water partition coefficient (Wildman–Crippen LogP) is 6.77. The van der Waals surface area contributed by atoms with Gasteiger partial charge in [-0.3, -0.25) is 4.90 Å². The molecule has 35 heavy (non-hydrogen) atoms. The second-order valence-electron chi connectivity index (χ2n) is 11.7. The molecule has 2 aliphatic rings. The fourth-order valence-corrected chi connectivity index (χ4v) is 5.79. The number of methoxy groups -OCH3 is 1. The summed E-state index contributed by atoms with van der Waals surface area (Å²) in [5, 5.41) is 2.96. The van der Waals surface area contributed by atoms with E-state index in [1.165, 1.54) is 40.8 Å². The van der Waals surface area contributed by atoms with Gasteiger partial charge in [-0.1, -0.05) is 63.6 Å². The Morgan fingerprint density at radius 2 is 1.49 bits per heavy atom. The van der Waals surface area contributed by atoms with Gasteiger partial charge in [-0.05, 0) is 77.4 Å². The zero-order valence-electron chi connectivity index (χ0n) is 22.4. The number of piperazine rings is 1. The Morgan fingerprint density at radius 3 is 2.17 bits per heavy atom. The summed E-state index contributed by atoms with van der Waals surface area (Å²) in [5.74, 6) is 0.947. The quantitative estimate of drug-likeness (QED) is 0.295. The van der Waals surface area contributed by atoms with Gasteiger partial charge in [0.05, 0.1) is 19.3 Å². The maximum Gasteiger partial charge on any atom is 0.142 e. The number of hydrogen-bond donors (Lipinski definition) is 0. The number of nitrogens with zero attached hydrogens (tertiary/aromatic N) is 3. The van der Waals surface area contributed by atoms with Gasteiger partial charge in [-0.2, -0.15) is 4.91 Å². The first-order chi connectivity index (χ1) is 16.7. The number of nitroso groups, excluding NO2 is 1. The minimum Gasteiger partial charge on any atom is -0.495 e. The molecule has 0 radical (unpaired) electrons. The molecular weight excluding hydrogens is 434 g/mol. The van der Waals surface area contributed by atoms with E-state index >= 15 is 0 Å². The molecule has 0 atom stereocenters. The molecule has 4 rings (SSSR count). The fraction of sp³-hybridized carbons (Fsp3) is 0.600. The first kappa shape index (κ1) is 25.7. The van der Waals surface area contributed by atoms with Gasteiger partial charge in [0.25, 0.3) is 0 Å². The van der Waals surface area contributed by atoms with Crippen LogP contribution >= 0.6 is 0 Å². The van der Waals surface area contributed by atoms with Crippen molar-refractivity contribution in [2.45, 2.75) is 70.6 Å². The molecular formula is C30H43N3O2. The zero-order chi connectivity index (χ0) is 25.1. The van der Waals surface area contributed by atoms with E-state index in [9.17, 15) is 4.91 Å². The van der Waals surface area contributed by atoms with E-state index in [0.717, 1.165) is 57.7 Å². The van der Waals surface area contributed by atoms with Crippen LogP contribution in [-0.2, 0) is 10.8 Å². The first-order valence-electron chi connectivity index (χ1n) is 13.3. The minimum absolute atomic E-state index is 0.205. The van der Waals surface area contributed by atoms with Crippen LogP contribution in [0, 0.1) is 4.91 Å². The van der Waals surface area contributed by atoms with Crippen molar-refractivity contribution in [1.82, 2.24) is 4.90 Å². The summed E-state index contributed by atoms with van der Waals surface area (Å²) in [7, 11) is 1.77. The monoisotopic (exact) mass is 477 g/mol.